The second-order valence-electron chi connectivity index (χ2n) is 3.43. The summed E-state index contributed by atoms with van der Waals surface area (Å²) in [5, 5.41) is 1.26. The highest BCUT2D eigenvalue weighted by atomic mass is 35.5. The van der Waals surface area contributed by atoms with Crippen LogP contribution in [0.4, 0.5) is 0 Å². The standard InChI is InChI=1S/C10H9Cl3/c11-5-7-3-8(7)6-1-2-9(12)10(13)4-6/h1-2,4,7-8H,3,5H2/t7-,8-/m1/s1. The predicted molar refractivity (Wildman–Crippen MR) is 58.0 cm³/mol. The minimum Gasteiger partial charge on any atom is -0.126 e. The van der Waals surface area contributed by atoms with Crippen molar-refractivity contribution in [3.05, 3.63) is 33.8 Å². The molecule has 0 bridgehead atoms. The molecule has 0 aliphatic heterocycles. The molecule has 1 aliphatic carbocycles. The van der Waals surface area contributed by atoms with Gasteiger partial charge in [-0.3, -0.25) is 0 Å². The first-order valence-electron chi connectivity index (χ1n) is 4.23. The molecule has 13 heavy (non-hydrogen) atoms. The summed E-state index contributed by atoms with van der Waals surface area (Å²) in [6.45, 7) is 0. The molecule has 1 fully saturated rings. The monoisotopic (exact) mass is 234 g/mol. The summed E-state index contributed by atoms with van der Waals surface area (Å²) < 4.78 is 0. The van der Waals surface area contributed by atoms with Crippen molar-refractivity contribution in [3.63, 3.8) is 0 Å². The van der Waals surface area contributed by atoms with E-state index in [1.807, 2.05) is 18.2 Å². The van der Waals surface area contributed by atoms with E-state index < -0.39 is 0 Å². The number of benzene rings is 1. The van der Waals surface area contributed by atoms with Crippen LogP contribution in [0.5, 0.6) is 0 Å². The van der Waals surface area contributed by atoms with Gasteiger partial charge in [0.1, 0.15) is 0 Å². The van der Waals surface area contributed by atoms with Crippen LogP contribution in [0.3, 0.4) is 0 Å². The minimum absolute atomic E-state index is 0.604. The Bertz CT molecular complexity index is 322. The lowest BCUT2D eigenvalue weighted by molar-refractivity contribution is 0.923. The van der Waals surface area contributed by atoms with Crippen LogP contribution < -0.4 is 0 Å². The fraction of sp³-hybridized carbons (Fsp3) is 0.400. The molecular formula is C10H9Cl3. The van der Waals surface area contributed by atoms with Crippen molar-refractivity contribution >= 4 is 34.8 Å². The molecule has 1 saturated carbocycles. The molecule has 0 N–H and O–H groups in total. The zero-order valence-electron chi connectivity index (χ0n) is 6.93. The van der Waals surface area contributed by atoms with Crippen LogP contribution in [0.2, 0.25) is 10.0 Å². The lowest BCUT2D eigenvalue weighted by Gasteiger charge is -2.01. The molecule has 1 aromatic carbocycles. The highest BCUT2D eigenvalue weighted by molar-refractivity contribution is 6.42. The normalized spacial score (nSPS) is 26.1. The zero-order valence-corrected chi connectivity index (χ0v) is 9.20. The highest BCUT2D eigenvalue weighted by Gasteiger charge is 2.37. The summed E-state index contributed by atoms with van der Waals surface area (Å²) in [6, 6.07) is 5.83. The Kier molecular flexibility index (Phi) is 2.73. The van der Waals surface area contributed by atoms with Crippen LogP contribution in [-0.4, -0.2) is 5.88 Å². The maximum atomic E-state index is 5.91. The Balaban J connectivity index is 2.19. The Morgan fingerprint density at radius 1 is 1.23 bits per heavy atom. The van der Waals surface area contributed by atoms with Gasteiger partial charge in [0, 0.05) is 5.88 Å². The Labute approximate surface area is 92.8 Å². The van der Waals surface area contributed by atoms with Gasteiger partial charge in [-0.05, 0) is 36.0 Å². The van der Waals surface area contributed by atoms with E-state index in [2.05, 4.69) is 0 Å². The molecule has 0 heterocycles. The SMILES string of the molecule is ClC[C@H]1C[C@@H]1c1ccc(Cl)c(Cl)c1. The number of alkyl halides is 1. The summed E-state index contributed by atoms with van der Waals surface area (Å²) in [4.78, 5) is 0. The molecule has 0 nitrogen and oxygen atoms in total. The lowest BCUT2D eigenvalue weighted by Crippen LogP contribution is -1.84. The number of hydrogen-bond acceptors (Lipinski definition) is 0. The van der Waals surface area contributed by atoms with E-state index in [0.29, 0.717) is 21.9 Å². The molecule has 0 unspecified atom stereocenters. The van der Waals surface area contributed by atoms with Crippen LogP contribution in [0.25, 0.3) is 0 Å². The van der Waals surface area contributed by atoms with E-state index in [9.17, 15) is 0 Å². The Morgan fingerprint density at radius 2 is 2.00 bits per heavy atom. The topological polar surface area (TPSA) is 0 Å². The molecule has 3 heteroatoms. The highest BCUT2D eigenvalue weighted by Crippen LogP contribution is 2.48. The van der Waals surface area contributed by atoms with E-state index in [-0.39, 0.29) is 0 Å². The molecule has 2 rings (SSSR count). The van der Waals surface area contributed by atoms with Crippen LogP contribution in [-0.2, 0) is 0 Å². The smallest absolute Gasteiger partial charge is 0.0595 e. The quantitative estimate of drug-likeness (QED) is 0.669. The lowest BCUT2D eigenvalue weighted by atomic mass is 10.1. The maximum Gasteiger partial charge on any atom is 0.0595 e. The third-order valence-electron chi connectivity index (χ3n) is 2.49. The molecule has 1 aliphatic rings. The first kappa shape index (κ1) is 9.64. The third kappa shape index (κ3) is 1.96. The summed E-state index contributed by atoms with van der Waals surface area (Å²) in [6.07, 6.45) is 1.18. The van der Waals surface area contributed by atoms with Crippen LogP contribution in [0.1, 0.15) is 17.9 Å². The molecule has 1 aromatic rings. The van der Waals surface area contributed by atoms with Crippen molar-refractivity contribution in [3.8, 4) is 0 Å². The van der Waals surface area contributed by atoms with Gasteiger partial charge in [0.25, 0.3) is 0 Å². The number of rotatable bonds is 2. The van der Waals surface area contributed by atoms with Gasteiger partial charge in [0.15, 0.2) is 0 Å². The predicted octanol–water partition coefficient (Wildman–Crippen LogP) is 4.34. The second-order valence-corrected chi connectivity index (χ2v) is 4.55. The van der Waals surface area contributed by atoms with Gasteiger partial charge in [-0.25, -0.2) is 0 Å². The molecule has 0 radical (unpaired) electrons. The van der Waals surface area contributed by atoms with Crippen molar-refractivity contribution in [2.24, 2.45) is 5.92 Å². The molecular weight excluding hydrogens is 226 g/mol. The minimum atomic E-state index is 0.604. The van der Waals surface area contributed by atoms with Crippen molar-refractivity contribution in [1.29, 1.82) is 0 Å². The van der Waals surface area contributed by atoms with E-state index in [0.717, 1.165) is 5.88 Å². The van der Waals surface area contributed by atoms with E-state index in [1.165, 1.54) is 12.0 Å². The zero-order chi connectivity index (χ0) is 9.42. The van der Waals surface area contributed by atoms with Crippen LogP contribution in [0.15, 0.2) is 18.2 Å². The number of hydrogen-bond donors (Lipinski definition) is 0. The second kappa shape index (κ2) is 3.68. The maximum absolute atomic E-state index is 5.91. The van der Waals surface area contributed by atoms with E-state index in [4.69, 9.17) is 34.8 Å². The average Bonchev–Trinajstić information content (AvgIpc) is 2.88. The van der Waals surface area contributed by atoms with Gasteiger partial charge < -0.3 is 0 Å². The molecule has 0 saturated heterocycles. The van der Waals surface area contributed by atoms with Gasteiger partial charge in [0.2, 0.25) is 0 Å². The molecule has 0 spiro atoms. The van der Waals surface area contributed by atoms with Crippen molar-refractivity contribution in [2.45, 2.75) is 12.3 Å². The average molecular weight is 236 g/mol. The van der Waals surface area contributed by atoms with E-state index in [1.54, 1.807) is 0 Å². The van der Waals surface area contributed by atoms with Gasteiger partial charge in [-0.15, -0.1) is 11.6 Å². The Morgan fingerprint density at radius 3 is 2.54 bits per heavy atom. The van der Waals surface area contributed by atoms with Crippen molar-refractivity contribution in [1.82, 2.24) is 0 Å². The summed E-state index contributed by atoms with van der Waals surface area (Å²) in [5.41, 5.74) is 1.26. The van der Waals surface area contributed by atoms with Crippen molar-refractivity contribution in [2.75, 3.05) is 5.88 Å². The molecule has 2 atom stereocenters. The van der Waals surface area contributed by atoms with Gasteiger partial charge in [0.05, 0.1) is 10.0 Å². The van der Waals surface area contributed by atoms with Gasteiger partial charge in [-0.1, -0.05) is 29.3 Å². The molecule has 70 valence electrons. The third-order valence-corrected chi connectivity index (χ3v) is 3.63. The summed E-state index contributed by atoms with van der Waals surface area (Å²) in [7, 11) is 0. The molecule has 0 aromatic heterocycles. The van der Waals surface area contributed by atoms with E-state index >= 15 is 0 Å². The van der Waals surface area contributed by atoms with Crippen LogP contribution in [0, 0.1) is 5.92 Å². The summed E-state index contributed by atoms with van der Waals surface area (Å²) in [5.74, 6) is 1.98. The summed E-state index contributed by atoms with van der Waals surface area (Å²) >= 11 is 17.5. The Hall–Kier alpha value is 0.0900. The number of halogens is 3. The first-order chi connectivity index (χ1) is 6.22. The van der Waals surface area contributed by atoms with Gasteiger partial charge >= 0.3 is 0 Å². The fourth-order valence-electron chi connectivity index (χ4n) is 1.57. The largest absolute Gasteiger partial charge is 0.126 e. The van der Waals surface area contributed by atoms with Crippen molar-refractivity contribution < 1.29 is 0 Å². The van der Waals surface area contributed by atoms with Crippen LogP contribution >= 0.6 is 34.8 Å². The first-order valence-corrected chi connectivity index (χ1v) is 5.52. The molecule has 0 amide bonds. The fourth-order valence-corrected chi connectivity index (χ4v) is 2.22. The van der Waals surface area contributed by atoms with Gasteiger partial charge in [-0.2, -0.15) is 0 Å².